The molecule has 1 heterocycles. The normalized spacial score (nSPS) is 15.1. The summed E-state index contributed by atoms with van der Waals surface area (Å²) in [7, 11) is 1.37. The molecule has 4 rings (SSSR count). The molecular weight excluding hydrogens is 292 g/mol. The number of carbonyl (C=O) groups excluding carboxylic acids is 2. The number of Topliss-reactive ketones (excluding diaryl/α,β-unsaturated/α-hetero) is 1. The molecule has 0 atom stereocenters. The average molecular weight is 308 g/mol. The minimum Gasteiger partial charge on any atom is -0.488 e. The molecule has 23 heavy (non-hydrogen) atoms. The lowest BCUT2D eigenvalue weighted by atomic mass is 9.86. The number of hydrogen-bond donors (Lipinski definition) is 0. The van der Waals surface area contributed by atoms with E-state index in [0.717, 1.165) is 46.4 Å². The molecule has 0 N–H and O–H groups in total. The van der Waals surface area contributed by atoms with Gasteiger partial charge in [0.05, 0.1) is 12.7 Å². The van der Waals surface area contributed by atoms with Crippen LogP contribution in [0.2, 0.25) is 0 Å². The van der Waals surface area contributed by atoms with Crippen LogP contribution in [-0.2, 0) is 17.8 Å². The van der Waals surface area contributed by atoms with E-state index in [9.17, 15) is 9.59 Å². The monoisotopic (exact) mass is 308 g/mol. The van der Waals surface area contributed by atoms with E-state index >= 15 is 0 Å². The third-order valence-corrected chi connectivity index (χ3v) is 4.56. The number of hydrogen-bond acceptors (Lipinski definition) is 4. The smallest absolute Gasteiger partial charge is 0.337 e. The van der Waals surface area contributed by atoms with E-state index in [0.29, 0.717) is 18.6 Å². The summed E-state index contributed by atoms with van der Waals surface area (Å²) in [6, 6.07) is 9.46. The summed E-state index contributed by atoms with van der Waals surface area (Å²) in [5.74, 6) is 0.594. The molecule has 0 amide bonds. The number of esters is 1. The summed E-state index contributed by atoms with van der Waals surface area (Å²) in [6.45, 7) is 0.389. The van der Waals surface area contributed by atoms with Gasteiger partial charge in [-0.1, -0.05) is 6.07 Å². The van der Waals surface area contributed by atoms with E-state index in [2.05, 4.69) is 6.07 Å². The first-order chi connectivity index (χ1) is 11.2. The van der Waals surface area contributed by atoms with Gasteiger partial charge in [-0.05, 0) is 53.8 Å². The van der Waals surface area contributed by atoms with E-state index in [1.807, 2.05) is 18.2 Å². The molecule has 0 unspecified atom stereocenters. The zero-order valence-electron chi connectivity index (χ0n) is 12.8. The second-order valence-corrected chi connectivity index (χ2v) is 5.93. The maximum atomic E-state index is 12.1. The highest BCUT2D eigenvalue weighted by Crippen LogP contribution is 2.41. The van der Waals surface area contributed by atoms with E-state index in [1.54, 1.807) is 6.07 Å². The van der Waals surface area contributed by atoms with Crippen LogP contribution in [0.4, 0.5) is 0 Å². The molecule has 1 aliphatic carbocycles. The van der Waals surface area contributed by atoms with Crippen LogP contribution in [-0.4, -0.2) is 18.9 Å². The first kappa shape index (κ1) is 14.0. The summed E-state index contributed by atoms with van der Waals surface area (Å²) in [5.41, 5.74) is 5.42. The molecule has 2 aromatic carbocycles. The Kier molecular flexibility index (Phi) is 3.18. The standard InChI is InChI=1S/C19H16O4/c1-22-19(21)12-5-6-14-13(7-12)10-23-18-9-15-11(8-16(14)18)3-2-4-17(15)20/h5-9H,2-4,10H2,1H3. The lowest BCUT2D eigenvalue weighted by Gasteiger charge is -2.24. The van der Waals surface area contributed by atoms with Crippen LogP contribution in [0, 0.1) is 0 Å². The van der Waals surface area contributed by atoms with Crippen LogP contribution in [0.3, 0.4) is 0 Å². The van der Waals surface area contributed by atoms with Crippen molar-refractivity contribution in [3.8, 4) is 16.9 Å². The predicted molar refractivity (Wildman–Crippen MR) is 84.8 cm³/mol. The molecule has 0 aromatic heterocycles. The second-order valence-electron chi connectivity index (χ2n) is 5.93. The minimum atomic E-state index is -0.352. The fraction of sp³-hybridized carbons (Fsp3) is 0.263. The van der Waals surface area contributed by atoms with Gasteiger partial charge in [0.15, 0.2) is 5.78 Å². The van der Waals surface area contributed by atoms with Crippen molar-refractivity contribution in [1.82, 2.24) is 0 Å². The Morgan fingerprint density at radius 1 is 1.04 bits per heavy atom. The highest BCUT2D eigenvalue weighted by atomic mass is 16.5. The first-order valence-corrected chi connectivity index (χ1v) is 7.72. The van der Waals surface area contributed by atoms with E-state index in [1.165, 1.54) is 7.11 Å². The number of rotatable bonds is 1. The summed E-state index contributed by atoms with van der Waals surface area (Å²) in [6.07, 6.45) is 2.44. The van der Waals surface area contributed by atoms with Gasteiger partial charge < -0.3 is 9.47 Å². The van der Waals surface area contributed by atoms with Gasteiger partial charge in [0, 0.05) is 17.5 Å². The molecular formula is C19H16O4. The Hall–Kier alpha value is -2.62. The maximum absolute atomic E-state index is 12.1. The van der Waals surface area contributed by atoms with Gasteiger partial charge in [0.2, 0.25) is 0 Å². The van der Waals surface area contributed by atoms with E-state index < -0.39 is 0 Å². The second kappa shape index (κ2) is 5.23. The number of methoxy groups -OCH3 is 1. The number of ketones is 1. The number of aryl methyl sites for hydroxylation is 1. The zero-order chi connectivity index (χ0) is 16.0. The van der Waals surface area contributed by atoms with Crippen molar-refractivity contribution >= 4 is 11.8 Å². The van der Waals surface area contributed by atoms with Crippen LogP contribution in [0.1, 0.15) is 44.7 Å². The molecule has 0 saturated carbocycles. The Morgan fingerprint density at radius 2 is 1.91 bits per heavy atom. The Bertz CT molecular complexity index is 836. The molecule has 0 radical (unpaired) electrons. The van der Waals surface area contributed by atoms with Gasteiger partial charge in [-0.3, -0.25) is 4.79 Å². The predicted octanol–water partition coefficient (Wildman–Crippen LogP) is 3.55. The van der Waals surface area contributed by atoms with Gasteiger partial charge in [-0.25, -0.2) is 4.79 Å². The molecule has 0 spiro atoms. The van der Waals surface area contributed by atoms with Crippen molar-refractivity contribution in [3.63, 3.8) is 0 Å². The van der Waals surface area contributed by atoms with E-state index in [4.69, 9.17) is 9.47 Å². The summed E-state index contributed by atoms with van der Waals surface area (Å²) in [4.78, 5) is 23.7. The Balaban J connectivity index is 1.83. The van der Waals surface area contributed by atoms with Crippen molar-refractivity contribution in [2.45, 2.75) is 25.9 Å². The molecule has 2 aliphatic rings. The van der Waals surface area contributed by atoms with Gasteiger partial charge >= 0.3 is 5.97 Å². The molecule has 0 bridgehead atoms. The van der Waals surface area contributed by atoms with Gasteiger partial charge in [0.1, 0.15) is 12.4 Å². The van der Waals surface area contributed by atoms with E-state index in [-0.39, 0.29) is 11.8 Å². The zero-order valence-corrected chi connectivity index (χ0v) is 12.8. The highest BCUT2D eigenvalue weighted by molar-refractivity contribution is 6.00. The molecule has 0 saturated heterocycles. The lowest BCUT2D eigenvalue weighted by molar-refractivity contribution is 0.0600. The largest absolute Gasteiger partial charge is 0.488 e. The SMILES string of the molecule is COC(=O)c1ccc2c(c1)COc1cc3c(cc1-2)CCCC3=O. The van der Waals surface area contributed by atoms with Gasteiger partial charge in [-0.15, -0.1) is 0 Å². The Morgan fingerprint density at radius 3 is 2.74 bits per heavy atom. The molecule has 4 heteroatoms. The van der Waals surface area contributed by atoms with Crippen molar-refractivity contribution in [2.24, 2.45) is 0 Å². The van der Waals surface area contributed by atoms with Crippen molar-refractivity contribution in [3.05, 3.63) is 52.6 Å². The maximum Gasteiger partial charge on any atom is 0.337 e. The first-order valence-electron chi connectivity index (χ1n) is 7.72. The third kappa shape index (κ3) is 2.22. The molecule has 116 valence electrons. The van der Waals surface area contributed by atoms with Crippen molar-refractivity contribution in [1.29, 1.82) is 0 Å². The minimum absolute atomic E-state index is 0.199. The van der Waals surface area contributed by atoms with Gasteiger partial charge in [0.25, 0.3) is 0 Å². The molecule has 2 aromatic rings. The quantitative estimate of drug-likeness (QED) is 0.756. The van der Waals surface area contributed by atoms with Crippen molar-refractivity contribution in [2.75, 3.05) is 7.11 Å². The fourth-order valence-electron chi connectivity index (χ4n) is 3.37. The van der Waals surface area contributed by atoms with Crippen LogP contribution < -0.4 is 4.74 Å². The summed E-state index contributed by atoms with van der Waals surface area (Å²) < 4.78 is 10.6. The van der Waals surface area contributed by atoms with Crippen molar-refractivity contribution < 1.29 is 19.1 Å². The summed E-state index contributed by atoms with van der Waals surface area (Å²) in [5, 5.41) is 0. The highest BCUT2D eigenvalue weighted by Gasteiger charge is 2.24. The fourth-order valence-corrected chi connectivity index (χ4v) is 3.37. The van der Waals surface area contributed by atoms with Crippen LogP contribution in [0.15, 0.2) is 30.3 Å². The number of ether oxygens (including phenoxy) is 2. The number of fused-ring (bicyclic) bond motifs is 4. The topological polar surface area (TPSA) is 52.6 Å². The molecule has 1 aliphatic heterocycles. The summed E-state index contributed by atoms with van der Waals surface area (Å²) >= 11 is 0. The van der Waals surface area contributed by atoms with Gasteiger partial charge in [-0.2, -0.15) is 0 Å². The van der Waals surface area contributed by atoms with Crippen LogP contribution in [0.25, 0.3) is 11.1 Å². The molecule has 0 fully saturated rings. The van der Waals surface area contributed by atoms with Crippen LogP contribution in [0.5, 0.6) is 5.75 Å². The Labute approximate surface area is 134 Å². The third-order valence-electron chi connectivity index (χ3n) is 4.56. The molecule has 4 nitrogen and oxygen atoms in total. The number of benzene rings is 2. The average Bonchev–Trinajstić information content (AvgIpc) is 2.59. The number of carbonyl (C=O) groups is 2. The lowest BCUT2D eigenvalue weighted by Crippen LogP contribution is -2.14. The van der Waals surface area contributed by atoms with Crippen LogP contribution >= 0.6 is 0 Å².